The summed E-state index contributed by atoms with van der Waals surface area (Å²) < 4.78 is 6.10. The van der Waals surface area contributed by atoms with Gasteiger partial charge in [0.15, 0.2) is 0 Å². The quantitative estimate of drug-likeness (QED) is 0.784. The molecule has 2 nitrogen and oxygen atoms in total. The lowest BCUT2D eigenvalue weighted by Crippen LogP contribution is -2.33. The highest BCUT2D eigenvalue weighted by Gasteiger charge is 2.42. The molecule has 1 aromatic rings. The normalized spacial score (nSPS) is 32.9. The van der Waals surface area contributed by atoms with E-state index in [4.69, 9.17) is 10.5 Å². The first-order valence-electron chi connectivity index (χ1n) is 6.26. The molecule has 0 atom stereocenters. The highest BCUT2D eigenvalue weighted by Crippen LogP contribution is 2.47. The van der Waals surface area contributed by atoms with Crippen molar-refractivity contribution in [2.75, 3.05) is 6.54 Å². The summed E-state index contributed by atoms with van der Waals surface area (Å²) >= 11 is 0. The molecule has 0 amide bonds. The van der Waals surface area contributed by atoms with Crippen LogP contribution in [-0.4, -0.2) is 6.54 Å². The number of fused-ring (bicyclic) bond motifs is 2. The zero-order valence-corrected chi connectivity index (χ0v) is 9.61. The van der Waals surface area contributed by atoms with Crippen LogP contribution in [0.5, 0.6) is 0 Å². The Balaban J connectivity index is 1.87. The first-order valence-corrected chi connectivity index (χ1v) is 6.26. The number of rotatable bonds is 1. The number of ether oxygens (including phenoxy) is 1. The van der Waals surface area contributed by atoms with E-state index in [0.29, 0.717) is 5.92 Å². The van der Waals surface area contributed by atoms with Crippen LogP contribution in [-0.2, 0) is 16.9 Å². The second-order valence-corrected chi connectivity index (χ2v) is 5.12. The van der Waals surface area contributed by atoms with Crippen LogP contribution in [0.3, 0.4) is 0 Å². The van der Waals surface area contributed by atoms with E-state index in [0.717, 1.165) is 26.0 Å². The maximum absolute atomic E-state index is 6.10. The highest BCUT2D eigenvalue weighted by atomic mass is 16.5. The lowest BCUT2D eigenvalue weighted by atomic mass is 9.75. The van der Waals surface area contributed by atoms with Gasteiger partial charge in [0, 0.05) is 0 Å². The Bertz CT molecular complexity index is 380. The van der Waals surface area contributed by atoms with Gasteiger partial charge in [0.25, 0.3) is 0 Å². The molecule has 2 aliphatic rings. The van der Waals surface area contributed by atoms with Gasteiger partial charge in [-0.3, -0.25) is 0 Å². The van der Waals surface area contributed by atoms with Gasteiger partial charge in [-0.1, -0.05) is 24.3 Å². The third-order valence-corrected chi connectivity index (χ3v) is 4.26. The van der Waals surface area contributed by atoms with E-state index in [1.54, 1.807) is 0 Å². The minimum atomic E-state index is 0.0300. The predicted molar refractivity (Wildman–Crippen MR) is 63.9 cm³/mol. The molecule has 0 radical (unpaired) electrons. The molecule has 16 heavy (non-hydrogen) atoms. The lowest BCUT2D eigenvalue weighted by molar-refractivity contribution is -0.0716. The molecule has 1 aliphatic heterocycles. The molecule has 0 aromatic heterocycles. The molecule has 1 heterocycles. The summed E-state index contributed by atoms with van der Waals surface area (Å²) in [6.45, 7) is 1.63. The molecule has 3 rings (SSSR count). The fourth-order valence-corrected chi connectivity index (χ4v) is 3.18. The summed E-state index contributed by atoms with van der Waals surface area (Å²) in [6, 6.07) is 8.67. The average Bonchev–Trinajstić information content (AvgIpc) is 2.71. The monoisotopic (exact) mass is 217 g/mol. The maximum atomic E-state index is 6.10. The van der Waals surface area contributed by atoms with E-state index >= 15 is 0 Å². The van der Waals surface area contributed by atoms with Crippen molar-refractivity contribution in [1.82, 2.24) is 0 Å². The van der Waals surface area contributed by atoms with Crippen molar-refractivity contribution in [3.8, 4) is 0 Å². The van der Waals surface area contributed by atoms with Gasteiger partial charge in [0.05, 0.1) is 12.2 Å². The van der Waals surface area contributed by atoms with Crippen molar-refractivity contribution < 1.29 is 4.74 Å². The third kappa shape index (κ3) is 1.48. The Labute approximate surface area is 96.8 Å². The van der Waals surface area contributed by atoms with Crippen molar-refractivity contribution in [2.45, 2.75) is 37.9 Å². The zero-order valence-electron chi connectivity index (χ0n) is 9.61. The number of hydrogen-bond acceptors (Lipinski definition) is 2. The zero-order chi connectivity index (χ0) is 11.0. The lowest BCUT2D eigenvalue weighted by Gasteiger charge is -2.36. The predicted octanol–water partition coefficient (Wildman–Crippen LogP) is 2.56. The van der Waals surface area contributed by atoms with Gasteiger partial charge in [-0.05, 0) is 49.3 Å². The summed E-state index contributed by atoms with van der Waals surface area (Å²) in [7, 11) is 0. The minimum Gasteiger partial charge on any atom is -0.366 e. The summed E-state index contributed by atoms with van der Waals surface area (Å²) in [5, 5.41) is 0. The van der Waals surface area contributed by atoms with E-state index < -0.39 is 0 Å². The molecule has 1 spiro atoms. The molecule has 0 saturated heterocycles. The third-order valence-electron chi connectivity index (χ3n) is 4.26. The number of nitrogens with two attached hydrogens (primary N) is 1. The van der Waals surface area contributed by atoms with E-state index in [2.05, 4.69) is 24.3 Å². The first kappa shape index (κ1) is 10.3. The van der Waals surface area contributed by atoms with Crippen molar-refractivity contribution in [1.29, 1.82) is 0 Å². The molecule has 0 bridgehead atoms. The Morgan fingerprint density at radius 3 is 2.75 bits per heavy atom. The molecule has 2 N–H and O–H groups in total. The molecular formula is C14H19NO. The van der Waals surface area contributed by atoms with E-state index in [9.17, 15) is 0 Å². The molecule has 1 saturated carbocycles. The Morgan fingerprint density at radius 2 is 2.00 bits per heavy atom. The van der Waals surface area contributed by atoms with Crippen molar-refractivity contribution in [3.63, 3.8) is 0 Å². The summed E-state index contributed by atoms with van der Waals surface area (Å²) in [4.78, 5) is 0. The van der Waals surface area contributed by atoms with Crippen LogP contribution < -0.4 is 5.73 Å². The van der Waals surface area contributed by atoms with E-state index in [-0.39, 0.29) is 5.60 Å². The maximum Gasteiger partial charge on any atom is 0.0939 e. The number of benzene rings is 1. The van der Waals surface area contributed by atoms with Crippen LogP contribution in [0.15, 0.2) is 24.3 Å². The number of hydrogen-bond donors (Lipinski definition) is 1. The van der Waals surface area contributed by atoms with Crippen LogP contribution in [0.1, 0.15) is 36.8 Å². The van der Waals surface area contributed by atoms with E-state index in [1.807, 2.05) is 0 Å². The first-order chi connectivity index (χ1) is 7.84. The molecule has 0 unspecified atom stereocenters. The molecule has 86 valence electrons. The topological polar surface area (TPSA) is 35.2 Å². The Morgan fingerprint density at radius 1 is 1.25 bits per heavy atom. The van der Waals surface area contributed by atoms with Gasteiger partial charge in [0.1, 0.15) is 0 Å². The Kier molecular flexibility index (Phi) is 2.49. The molecule has 1 fully saturated rings. The molecule has 1 aliphatic carbocycles. The standard InChI is InChI=1S/C14H19NO/c15-9-11-5-7-14(8-6-11)13-4-2-1-3-12(13)10-16-14/h1-4,11H,5-10,15H2. The SMILES string of the molecule is NCC1CCC2(CC1)OCc1ccccc12. The van der Waals surface area contributed by atoms with Crippen LogP contribution in [0.4, 0.5) is 0 Å². The van der Waals surface area contributed by atoms with Gasteiger partial charge < -0.3 is 10.5 Å². The summed E-state index contributed by atoms with van der Waals surface area (Å²) in [6.07, 6.45) is 4.72. The molecular weight excluding hydrogens is 198 g/mol. The van der Waals surface area contributed by atoms with Gasteiger partial charge in [-0.2, -0.15) is 0 Å². The molecule has 1 aromatic carbocycles. The summed E-state index contributed by atoms with van der Waals surface area (Å²) in [5.74, 6) is 0.710. The summed E-state index contributed by atoms with van der Waals surface area (Å²) in [5.41, 5.74) is 8.59. The van der Waals surface area contributed by atoms with Crippen LogP contribution in [0.2, 0.25) is 0 Å². The van der Waals surface area contributed by atoms with Gasteiger partial charge in [-0.15, -0.1) is 0 Å². The van der Waals surface area contributed by atoms with Gasteiger partial charge in [0.2, 0.25) is 0 Å². The minimum absolute atomic E-state index is 0.0300. The Hall–Kier alpha value is -0.860. The smallest absolute Gasteiger partial charge is 0.0939 e. The fraction of sp³-hybridized carbons (Fsp3) is 0.571. The fourth-order valence-electron chi connectivity index (χ4n) is 3.18. The van der Waals surface area contributed by atoms with Gasteiger partial charge >= 0.3 is 0 Å². The average molecular weight is 217 g/mol. The van der Waals surface area contributed by atoms with Crippen LogP contribution in [0.25, 0.3) is 0 Å². The van der Waals surface area contributed by atoms with Crippen molar-refractivity contribution >= 4 is 0 Å². The van der Waals surface area contributed by atoms with Gasteiger partial charge in [-0.25, -0.2) is 0 Å². The highest BCUT2D eigenvalue weighted by molar-refractivity contribution is 5.35. The van der Waals surface area contributed by atoms with Crippen molar-refractivity contribution in [3.05, 3.63) is 35.4 Å². The second-order valence-electron chi connectivity index (χ2n) is 5.12. The van der Waals surface area contributed by atoms with Crippen molar-refractivity contribution in [2.24, 2.45) is 11.7 Å². The second kappa shape index (κ2) is 3.86. The van der Waals surface area contributed by atoms with Crippen LogP contribution >= 0.6 is 0 Å². The largest absolute Gasteiger partial charge is 0.366 e. The van der Waals surface area contributed by atoms with Crippen LogP contribution in [0, 0.1) is 5.92 Å². The van der Waals surface area contributed by atoms with E-state index in [1.165, 1.54) is 24.0 Å². The molecule has 2 heteroatoms.